The van der Waals surface area contributed by atoms with Crippen LogP contribution in [0.3, 0.4) is 0 Å². The van der Waals surface area contributed by atoms with Crippen LogP contribution in [0, 0.1) is 62.3 Å². The Bertz CT molecular complexity index is 6200. The van der Waals surface area contributed by atoms with Gasteiger partial charge in [-0.15, -0.1) is 0 Å². The summed E-state index contributed by atoms with van der Waals surface area (Å²) in [5.41, 5.74) is 24.3. The molecular formula is C100H123N13O15. The first kappa shape index (κ1) is 93.5. The number of rotatable bonds is 27. The van der Waals surface area contributed by atoms with Gasteiger partial charge in [-0.25, -0.2) is 0 Å². The zero-order valence-corrected chi connectivity index (χ0v) is 77.6. The average Bonchev–Trinajstić information content (AvgIpc) is 1.52. The number of fused-ring (bicyclic) bond motifs is 3. The van der Waals surface area contributed by atoms with Gasteiger partial charge in [-0.1, -0.05) is 24.3 Å². The van der Waals surface area contributed by atoms with Crippen molar-refractivity contribution in [2.75, 3.05) is 136 Å². The van der Waals surface area contributed by atoms with Gasteiger partial charge in [0.1, 0.15) is 11.5 Å². The summed E-state index contributed by atoms with van der Waals surface area (Å²) in [6.45, 7) is 34.7. The van der Waals surface area contributed by atoms with E-state index in [-0.39, 0.29) is 72.2 Å². The third-order valence-corrected chi connectivity index (χ3v) is 25.0. The van der Waals surface area contributed by atoms with E-state index in [9.17, 15) is 28.8 Å². The molecule has 6 N–H and O–H groups in total. The largest absolute Gasteiger partial charge is 0.496 e. The number of H-pyrrole nitrogens is 3. The zero-order chi connectivity index (χ0) is 91.6. The number of ether oxygens (including phenoxy) is 9. The maximum absolute atomic E-state index is 13.9. The van der Waals surface area contributed by atoms with E-state index in [0.717, 1.165) is 180 Å². The second-order valence-electron chi connectivity index (χ2n) is 33.8. The van der Waals surface area contributed by atoms with Gasteiger partial charge in [0.05, 0.1) is 92.6 Å². The molecule has 28 heteroatoms. The van der Waals surface area contributed by atoms with E-state index in [4.69, 9.17) is 42.6 Å². The second-order valence-corrected chi connectivity index (χ2v) is 33.8. The number of carbonyl (C=O) groups is 3. The Morgan fingerprint density at radius 3 is 1.08 bits per heavy atom. The lowest BCUT2D eigenvalue weighted by Gasteiger charge is -2.34. The van der Waals surface area contributed by atoms with Gasteiger partial charge in [0.2, 0.25) is 5.75 Å². The number of carbonyl (C=O) groups excluding carboxylic acids is 3. The van der Waals surface area contributed by atoms with E-state index in [1.807, 2.05) is 134 Å². The number of benzene rings is 3. The van der Waals surface area contributed by atoms with Crippen LogP contribution in [0.25, 0.3) is 49.9 Å². The monoisotopic (exact) mass is 1750 g/mol. The van der Waals surface area contributed by atoms with Crippen molar-refractivity contribution in [2.24, 2.45) is 0 Å². The summed E-state index contributed by atoms with van der Waals surface area (Å²) in [5.74, 6) is 2.47. The van der Waals surface area contributed by atoms with Gasteiger partial charge in [0.15, 0.2) is 11.5 Å². The molecular weight excluding hydrogens is 1620 g/mol. The molecule has 3 atom stereocenters. The van der Waals surface area contributed by atoms with Crippen molar-refractivity contribution in [1.82, 2.24) is 63.7 Å². The summed E-state index contributed by atoms with van der Waals surface area (Å²) in [7, 11) is 13.9. The van der Waals surface area contributed by atoms with Crippen LogP contribution in [0.1, 0.15) is 165 Å². The molecule has 0 spiro atoms. The predicted molar refractivity (Wildman–Crippen MR) is 499 cm³/mol. The first-order valence-corrected chi connectivity index (χ1v) is 43.6. The van der Waals surface area contributed by atoms with Gasteiger partial charge in [0, 0.05) is 205 Å². The molecule has 3 unspecified atom stereocenters. The number of aromatic nitrogens is 6. The number of amides is 3. The Labute approximate surface area is 747 Å². The van der Waals surface area contributed by atoms with Crippen molar-refractivity contribution in [1.29, 1.82) is 0 Å². The first-order chi connectivity index (χ1) is 61.4. The van der Waals surface area contributed by atoms with Crippen molar-refractivity contribution in [3.05, 3.63) is 265 Å². The smallest absolute Gasteiger partial charge is 0.253 e. The predicted octanol–water partition coefficient (Wildman–Crippen LogP) is 13.9. The van der Waals surface area contributed by atoms with Crippen molar-refractivity contribution in [2.45, 2.75) is 134 Å². The third kappa shape index (κ3) is 20.7. The van der Waals surface area contributed by atoms with Crippen LogP contribution >= 0.6 is 0 Å². The minimum Gasteiger partial charge on any atom is -0.496 e. The first-order valence-electron chi connectivity index (χ1n) is 43.6. The van der Waals surface area contributed by atoms with Crippen LogP contribution in [0.4, 0.5) is 0 Å². The highest BCUT2D eigenvalue weighted by molar-refractivity contribution is 5.99. The van der Waals surface area contributed by atoms with Gasteiger partial charge >= 0.3 is 0 Å². The Balaban J connectivity index is 0.000000165. The number of morpholine rings is 3. The van der Waals surface area contributed by atoms with E-state index in [1.165, 1.54) is 5.56 Å². The minimum absolute atomic E-state index is 0.0200. The summed E-state index contributed by atoms with van der Waals surface area (Å²) in [5, 5.41) is 8.98. The lowest BCUT2D eigenvalue weighted by molar-refractivity contribution is 0.0187. The van der Waals surface area contributed by atoms with E-state index < -0.39 is 0 Å². The molecule has 128 heavy (non-hydrogen) atoms. The van der Waals surface area contributed by atoms with Crippen molar-refractivity contribution < 1.29 is 57.0 Å². The number of pyridine rings is 6. The fourth-order valence-corrected chi connectivity index (χ4v) is 18.0. The number of methoxy groups -OCH3 is 6. The molecule has 0 aliphatic carbocycles. The molecule has 3 aliphatic heterocycles. The van der Waals surface area contributed by atoms with E-state index >= 15 is 0 Å². The number of hydrogen-bond donors (Lipinski definition) is 6. The van der Waals surface area contributed by atoms with Crippen LogP contribution in [0.2, 0.25) is 0 Å². The van der Waals surface area contributed by atoms with Gasteiger partial charge in [-0.05, 0) is 232 Å². The molecule has 3 amide bonds. The maximum atomic E-state index is 13.9. The summed E-state index contributed by atoms with van der Waals surface area (Å²) < 4.78 is 57.4. The molecule has 3 aromatic carbocycles. The van der Waals surface area contributed by atoms with E-state index in [1.54, 1.807) is 42.7 Å². The van der Waals surface area contributed by atoms with Crippen molar-refractivity contribution in [3.8, 4) is 62.1 Å². The number of nitrogens with one attached hydrogen (secondary N) is 6. The zero-order valence-electron chi connectivity index (χ0n) is 77.6. The molecule has 15 rings (SSSR count). The third-order valence-electron chi connectivity index (χ3n) is 25.0. The lowest BCUT2D eigenvalue weighted by Crippen LogP contribution is -2.39. The summed E-state index contributed by atoms with van der Waals surface area (Å²) >= 11 is 0. The Morgan fingerprint density at radius 1 is 0.406 bits per heavy atom. The second kappa shape index (κ2) is 41.3. The molecule has 0 radical (unpaired) electrons. The van der Waals surface area contributed by atoms with Crippen molar-refractivity contribution >= 4 is 34.3 Å². The summed E-state index contributed by atoms with van der Waals surface area (Å²) in [6, 6.07) is 34.5. The van der Waals surface area contributed by atoms with Crippen LogP contribution < -0.4 is 56.3 Å². The molecule has 3 aliphatic rings. The van der Waals surface area contributed by atoms with Gasteiger partial charge in [-0.3, -0.25) is 43.5 Å². The molecule has 28 nitrogen and oxygen atoms in total. The minimum atomic E-state index is -0.289. The quantitative estimate of drug-likeness (QED) is 0.0279. The van der Waals surface area contributed by atoms with E-state index in [2.05, 4.69) is 148 Å². The molecule has 12 heterocycles. The van der Waals surface area contributed by atoms with Crippen molar-refractivity contribution in [3.63, 3.8) is 0 Å². The van der Waals surface area contributed by atoms with Crippen LogP contribution in [-0.2, 0) is 51.7 Å². The SMILES string of the molecule is COc1cc(-c2cc3cc(C(=O)NCc4c(C)cc(C)[nH]c4=O)c(C)c(C(C)N4CCOCC4)n3c2)cc(OC)c1CN1CCOCC1.COc1cc(-c2cc3cc(C(=O)NCc4c(C)cc(C)[nH]c4=O)c(C)c(C(C)OC)n3c2)cc(OC)c1OC.Cc1cc(C)c(CNC(=O)c2cc3cc(-c4ccc(CN(C)C)cc4)cn3c(C(C)N3CCOCC3)c2C)c(=O)[nH]1. The number of aryl methyl sites for hydroxylation is 6. The van der Waals surface area contributed by atoms with Crippen LogP contribution in [-0.4, -0.2) is 201 Å². The standard InChI is InChI=1S/C37H47N5O6.C33H41N5O3.C30H35N3O6/c1-23-15-24(2)39-37(44)31(23)20-38-36(43)30-19-29-16-28(21-42(29)35(25(30)3)26(4)41-9-13-48-14-10-41)27-17-33(45-5)32(34(18-27)46-6)22-40-7-11-47-12-8-40;1-21-15-22(2)35-33(40)30(21)18-34-32(39)29-17-28-16-27(26-9-7-25(8-10-26)19-36(5)6)20-38(28)31(23(29)3)24(4)37-11-13-41-14-12-37;1-16-9-17(2)32-30(35)24(16)14-31-29(34)23-13-22-10-21(15-33(22)27(18(23)3)19(4)36-5)20-11-25(37-6)28(39-8)26(12-20)38-7/h15-19,21,26H,7-14,20,22H2,1-6H3,(H,38,43)(H,39,44);7-10,15-17,20,24H,11-14,18-19H2,1-6H3,(H,34,39)(H,35,40);9-13,15,19H,14H2,1-8H3,(H,31,34)(H,32,35). The molecule has 3 saturated heterocycles. The fraction of sp³-hybridized carbons (Fsp3) is 0.400. The fourth-order valence-electron chi connectivity index (χ4n) is 18.0. The number of hydrogen-bond acceptors (Lipinski definition) is 19. The Hall–Kier alpha value is -12.1. The molecule has 12 aromatic rings. The molecule has 3 fully saturated rings. The number of aromatic amines is 3. The summed E-state index contributed by atoms with van der Waals surface area (Å²) in [6.07, 6.45) is 6.04. The average molecular weight is 1750 g/mol. The van der Waals surface area contributed by atoms with E-state index in [0.29, 0.717) is 96.8 Å². The van der Waals surface area contributed by atoms with Gasteiger partial charge < -0.3 is 91.6 Å². The molecule has 9 aromatic heterocycles. The normalized spacial score (nSPS) is 14.7. The van der Waals surface area contributed by atoms with Crippen LogP contribution in [0.5, 0.6) is 28.7 Å². The highest BCUT2D eigenvalue weighted by atomic mass is 16.5. The Kier molecular flexibility index (Phi) is 30.2. The highest BCUT2D eigenvalue weighted by Crippen LogP contribution is 2.44. The maximum Gasteiger partial charge on any atom is 0.253 e. The van der Waals surface area contributed by atoms with Gasteiger partial charge in [0.25, 0.3) is 34.4 Å². The summed E-state index contributed by atoms with van der Waals surface area (Å²) in [4.78, 5) is 96.4. The molecule has 678 valence electrons. The Morgan fingerprint density at radius 2 is 0.742 bits per heavy atom. The molecule has 0 bridgehead atoms. The van der Waals surface area contributed by atoms with Crippen LogP contribution in [0.15, 0.2) is 136 Å². The molecule has 0 saturated carbocycles. The lowest BCUT2D eigenvalue weighted by atomic mass is 10.0. The topological polar surface area (TPSA) is 295 Å². The highest BCUT2D eigenvalue weighted by Gasteiger charge is 2.31. The number of nitrogens with zero attached hydrogens (tertiary/aromatic N) is 7. The van der Waals surface area contributed by atoms with Gasteiger partial charge in [-0.2, -0.15) is 0 Å².